The van der Waals surface area contributed by atoms with Gasteiger partial charge in [-0.1, -0.05) is 30.3 Å². The van der Waals surface area contributed by atoms with Gasteiger partial charge >= 0.3 is 6.03 Å². The third kappa shape index (κ3) is 4.64. The third-order valence-corrected chi connectivity index (χ3v) is 6.14. The molecule has 3 amide bonds. The van der Waals surface area contributed by atoms with Crippen molar-refractivity contribution in [1.29, 1.82) is 0 Å². The number of urea groups is 1. The van der Waals surface area contributed by atoms with E-state index in [1.807, 2.05) is 23.1 Å². The maximum Gasteiger partial charge on any atom is 0.319 e. The average Bonchev–Trinajstić information content (AvgIpc) is 3.22. The number of carbonyl (C=O) groups is 2. The van der Waals surface area contributed by atoms with Crippen molar-refractivity contribution in [3.05, 3.63) is 72.1 Å². The maximum absolute atomic E-state index is 12.5. The normalized spacial score (nSPS) is 14.4. The van der Waals surface area contributed by atoms with Crippen LogP contribution in [0, 0.1) is 0 Å². The minimum absolute atomic E-state index is 0.0409. The van der Waals surface area contributed by atoms with Gasteiger partial charge in [0.15, 0.2) is 0 Å². The first kappa shape index (κ1) is 20.9. The van der Waals surface area contributed by atoms with Gasteiger partial charge in [0.1, 0.15) is 0 Å². The van der Waals surface area contributed by atoms with Crippen LogP contribution in [0.5, 0.6) is 0 Å². The van der Waals surface area contributed by atoms with Crippen molar-refractivity contribution >= 4 is 23.6 Å². The number of nitrogens with zero attached hydrogens (tertiary/aromatic N) is 4. The van der Waals surface area contributed by atoms with E-state index in [0.29, 0.717) is 38.7 Å². The van der Waals surface area contributed by atoms with Gasteiger partial charge in [-0.25, -0.2) is 14.8 Å². The van der Waals surface area contributed by atoms with Crippen LogP contribution in [0.4, 0.5) is 16.4 Å². The molecule has 0 saturated carbocycles. The molecule has 8 heteroatoms. The Kier molecular flexibility index (Phi) is 5.89. The predicted molar refractivity (Wildman–Crippen MR) is 127 cm³/mol. The molecule has 2 heterocycles. The maximum atomic E-state index is 12.5. The molecule has 1 aliphatic carbocycles. The molecule has 0 spiro atoms. The highest BCUT2D eigenvalue weighted by atomic mass is 16.2. The number of carbonyl (C=O) groups excluding carboxylic acids is 2. The van der Waals surface area contributed by atoms with Crippen LogP contribution < -0.4 is 15.5 Å². The highest BCUT2D eigenvalue weighted by molar-refractivity contribution is 5.91. The predicted octanol–water partition coefficient (Wildman–Crippen LogP) is 2.91. The number of hydrogen-bond donors (Lipinski definition) is 2. The van der Waals surface area contributed by atoms with Crippen LogP contribution in [0.3, 0.4) is 0 Å². The number of fused-ring (bicyclic) bond motifs is 3. The molecule has 0 radical (unpaired) electrons. The molecule has 2 aliphatic rings. The van der Waals surface area contributed by atoms with Crippen molar-refractivity contribution in [2.24, 2.45) is 0 Å². The summed E-state index contributed by atoms with van der Waals surface area (Å²) in [4.78, 5) is 37.3. The van der Waals surface area contributed by atoms with Gasteiger partial charge in [-0.15, -0.1) is 0 Å². The summed E-state index contributed by atoms with van der Waals surface area (Å²) in [6, 6.07) is 15.9. The summed E-state index contributed by atoms with van der Waals surface area (Å²) in [7, 11) is 0. The molecule has 1 aliphatic heterocycles. The minimum Gasteiger partial charge on any atom is -0.339 e. The molecular weight excluding hydrogens is 416 g/mol. The van der Waals surface area contributed by atoms with E-state index in [4.69, 9.17) is 0 Å². The van der Waals surface area contributed by atoms with E-state index in [0.717, 1.165) is 12.1 Å². The first-order chi connectivity index (χ1) is 16.2. The summed E-state index contributed by atoms with van der Waals surface area (Å²) in [5.74, 6) is 0.734. The SMILES string of the molecule is O=C(NCCC(=O)N1CCN(c2ncccn2)CC1)Nc1ccc2c(c1)Cc1ccccc1-2. The quantitative estimate of drug-likeness (QED) is 0.496. The molecule has 33 heavy (non-hydrogen) atoms. The molecule has 0 bridgehead atoms. The summed E-state index contributed by atoms with van der Waals surface area (Å²) in [5.41, 5.74) is 5.76. The van der Waals surface area contributed by atoms with E-state index in [1.54, 1.807) is 18.5 Å². The van der Waals surface area contributed by atoms with Gasteiger partial charge in [0.25, 0.3) is 0 Å². The number of hydrogen-bond acceptors (Lipinski definition) is 5. The van der Waals surface area contributed by atoms with Crippen LogP contribution in [0.15, 0.2) is 60.9 Å². The fraction of sp³-hybridized carbons (Fsp3) is 0.280. The summed E-state index contributed by atoms with van der Waals surface area (Å²) < 4.78 is 0. The van der Waals surface area contributed by atoms with Crippen LogP contribution in [0.25, 0.3) is 11.1 Å². The van der Waals surface area contributed by atoms with Gasteiger partial charge in [-0.2, -0.15) is 0 Å². The molecule has 3 aromatic rings. The van der Waals surface area contributed by atoms with Gasteiger partial charge in [0.2, 0.25) is 11.9 Å². The van der Waals surface area contributed by atoms with E-state index >= 15 is 0 Å². The zero-order chi connectivity index (χ0) is 22.6. The molecule has 2 N–H and O–H groups in total. The zero-order valence-corrected chi connectivity index (χ0v) is 18.3. The van der Waals surface area contributed by atoms with E-state index in [2.05, 4.69) is 49.8 Å². The molecule has 2 aromatic carbocycles. The van der Waals surface area contributed by atoms with Gasteiger partial charge < -0.3 is 20.4 Å². The van der Waals surface area contributed by atoms with Crippen molar-refractivity contribution in [3.8, 4) is 11.1 Å². The number of amides is 3. The first-order valence-electron chi connectivity index (χ1n) is 11.2. The lowest BCUT2D eigenvalue weighted by Crippen LogP contribution is -2.49. The minimum atomic E-state index is -0.302. The Morgan fingerprint density at radius 2 is 1.64 bits per heavy atom. The van der Waals surface area contributed by atoms with E-state index in [-0.39, 0.29) is 18.4 Å². The molecule has 8 nitrogen and oxygen atoms in total. The Balaban J connectivity index is 1.06. The third-order valence-electron chi connectivity index (χ3n) is 6.14. The fourth-order valence-electron chi connectivity index (χ4n) is 4.45. The Labute approximate surface area is 192 Å². The Bertz CT molecular complexity index is 1160. The molecule has 1 saturated heterocycles. The van der Waals surface area contributed by atoms with Crippen molar-refractivity contribution < 1.29 is 9.59 Å². The Morgan fingerprint density at radius 1 is 0.879 bits per heavy atom. The van der Waals surface area contributed by atoms with Crippen molar-refractivity contribution in [2.45, 2.75) is 12.8 Å². The summed E-state index contributed by atoms with van der Waals surface area (Å²) in [5, 5.41) is 5.67. The van der Waals surface area contributed by atoms with Crippen molar-refractivity contribution in [2.75, 3.05) is 42.9 Å². The van der Waals surface area contributed by atoms with Crippen molar-refractivity contribution in [1.82, 2.24) is 20.2 Å². The first-order valence-corrected chi connectivity index (χ1v) is 11.2. The number of anilines is 2. The lowest BCUT2D eigenvalue weighted by molar-refractivity contribution is -0.131. The average molecular weight is 443 g/mol. The second kappa shape index (κ2) is 9.28. The summed E-state index contributed by atoms with van der Waals surface area (Å²) in [6.07, 6.45) is 4.59. The highest BCUT2D eigenvalue weighted by Crippen LogP contribution is 2.37. The van der Waals surface area contributed by atoms with Gasteiger partial charge in [0, 0.05) is 57.2 Å². The zero-order valence-electron chi connectivity index (χ0n) is 18.3. The lowest BCUT2D eigenvalue weighted by Gasteiger charge is -2.34. The van der Waals surface area contributed by atoms with Crippen LogP contribution >= 0.6 is 0 Å². The van der Waals surface area contributed by atoms with Crippen LogP contribution in [-0.4, -0.2) is 59.5 Å². The smallest absolute Gasteiger partial charge is 0.319 e. The van der Waals surface area contributed by atoms with Crippen LogP contribution in [0.1, 0.15) is 17.5 Å². The number of nitrogens with one attached hydrogen (secondary N) is 2. The number of piperazine rings is 1. The van der Waals surface area contributed by atoms with E-state index < -0.39 is 0 Å². The largest absolute Gasteiger partial charge is 0.339 e. The highest BCUT2D eigenvalue weighted by Gasteiger charge is 2.22. The molecule has 168 valence electrons. The molecule has 0 unspecified atom stereocenters. The van der Waals surface area contributed by atoms with Crippen LogP contribution in [-0.2, 0) is 11.2 Å². The second-order valence-electron chi connectivity index (χ2n) is 8.25. The second-order valence-corrected chi connectivity index (χ2v) is 8.25. The topological polar surface area (TPSA) is 90.5 Å². The Hall–Kier alpha value is -3.94. The lowest BCUT2D eigenvalue weighted by atomic mass is 10.1. The number of benzene rings is 2. The Morgan fingerprint density at radius 3 is 2.45 bits per heavy atom. The summed E-state index contributed by atoms with van der Waals surface area (Å²) in [6.45, 7) is 2.95. The van der Waals surface area contributed by atoms with Gasteiger partial charge in [-0.05, 0) is 46.9 Å². The monoisotopic (exact) mass is 442 g/mol. The van der Waals surface area contributed by atoms with Gasteiger partial charge in [0.05, 0.1) is 0 Å². The molecular formula is C25H26N6O2. The molecule has 1 aromatic heterocycles. The van der Waals surface area contributed by atoms with Crippen LogP contribution in [0.2, 0.25) is 0 Å². The van der Waals surface area contributed by atoms with Crippen molar-refractivity contribution in [3.63, 3.8) is 0 Å². The molecule has 0 atom stereocenters. The number of rotatable bonds is 5. The molecule has 1 fully saturated rings. The molecule has 5 rings (SSSR count). The fourth-order valence-corrected chi connectivity index (χ4v) is 4.45. The van der Waals surface area contributed by atoms with Gasteiger partial charge in [-0.3, -0.25) is 4.79 Å². The standard InChI is InChI=1S/C25H26N6O2/c32-23(30-12-14-31(15-13-30)24-26-9-3-10-27-24)8-11-28-25(33)29-20-6-7-22-19(17-20)16-18-4-1-2-5-21(18)22/h1-7,9-10,17H,8,11-16H2,(H2,28,29,33). The summed E-state index contributed by atoms with van der Waals surface area (Å²) >= 11 is 0. The number of aromatic nitrogens is 2. The van der Waals surface area contributed by atoms with E-state index in [9.17, 15) is 9.59 Å². The van der Waals surface area contributed by atoms with E-state index in [1.165, 1.54) is 22.3 Å².